The van der Waals surface area contributed by atoms with E-state index in [1.165, 1.54) is 0 Å². The van der Waals surface area contributed by atoms with E-state index in [9.17, 15) is 9.59 Å². The number of hydrogen-bond acceptors (Lipinski definition) is 3. The van der Waals surface area contributed by atoms with E-state index in [1.807, 2.05) is 60.0 Å². The third-order valence-electron chi connectivity index (χ3n) is 4.95. The van der Waals surface area contributed by atoms with Gasteiger partial charge in [-0.2, -0.15) is 0 Å². The molecule has 1 heterocycles. The van der Waals surface area contributed by atoms with E-state index in [0.717, 1.165) is 15.5 Å². The lowest BCUT2D eigenvalue weighted by molar-refractivity contribution is -0.116. The van der Waals surface area contributed by atoms with Gasteiger partial charge in [0.25, 0.3) is 5.91 Å². The zero-order valence-corrected chi connectivity index (χ0v) is 19.5. The third-order valence-corrected chi connectivity index (χ3v) is 5.77. The number of amides is 2. The first-order valence-electron chi connectivity index (χ1n) is 9.98. The van der Waals surface area contributed by atoms with Crippen LogP contribution in [0.15, 0.2) is 77.3 Å². The second kappa shape index (κ2) is 9.54. The first-order valence-corrected chi connectivity index (χ1v) is 11.2. The molecular weight excluding hydrogens is 492 g/mol. The zero-order chi connectivity index (χ0) is 22.7. The molecule has 0 spiro atoms. The molecule has 1 aromatic heterocycles. The molecule has 32 heavy (non-hydrogen) atoms. The number of imidazole rings is 1. The summed E-state index contributed by atoms with van der Waals surface area (Å²) < 4.78 is 2.69. The number of nitrogens with one attached hydrogen (secondary N) is 2. The Morgan fingerprint density at radius 1 is 1.06 bits per heavy atom. The van der Waals surface area contributed by atoms with Crippen LogP contribution in [0.1, 0.15) is 29.1 Å². The Bertz CT molecular complexity index is 1300. The smallest absolute Gasteiger partial charge is 0.253 e. The summed E-state index contributed by atoms with van der Waals surface area (Å²) in [5.41, 5.74) is 2.63. The Hall–Kier alpha value is -3.16. The van der Waals surface area contributed by atoms with Crippen LogP contribution in [0, 0.1) is 0 Å². The molecular formula is C24H20BrClN4O2. The molecule has 1 unspecified atom stereocenters. The average molecular weight is 512 g/mol. The van der Waals surface area contributed by atoms with Gasteiger partial charge in [-0.3, -0.25) is 9.59 Å². The molecule has 0 saturated heterocycles. The lowest BCUT2D eigenvalue weighted by Gasteiger charge is -2.17. The van der Waals surface area contributed by atoms with Crippen molar-refractivity contribution < 1.29 is 9.59 Å². The number of rotatable bonds is 6. The highest BCUT2D eigenvalue weighted by Gasteiger charge is 2.21. The molecule has 0 aliphatic carbocycles. The van der Waals surface area contributed by atoms with E-state index in [0.29, 0.717) is 22.1 Å². The SMILES string of the molecule is CC(NC(=O)c1ccccc1Cl)c1nc2ccccc2n1CC(=O)Nc1cccc(Br)c1. The average Bonchev–Trinajstić information content (AvgIpc) is 3.12. The van der Waals surface area contributed by atoms with Gasteiger partial charge in [0.15, 0.2) is 0 Å². The van der Waals surface area contributed by atoms with Crippen LogP contribution in [0.2, 0.25) is 5.02 Å². The Morgan fingerprint density at radius 3 is 2.59 bits per heavy atom. The summed E-state index contributed by atoms with van der Waals surface area (Å²) in [5, 5.41) is 6.22. The van der Waals surface area contributed by atoms with Crippen molar-refractivity contribution in [1.29, 1.82) is 0 Å². The summed E-state index contributed by atoms with van der Waals surface area (Å²) in [6.45, 7) is 1.88. The van der Waals surface area contributed by atoms with Crippen LogP contribution in [-0.2, 0) is 11.3 Å². The number of carbonyl (C=O) groups excluding carboxylic acids is 2. The normalized spacial score (nSPS) is 11.8. The quantitative estimate of drug-likeness (QED) is 0.355. The van der Waals surface area contributed by atoms with Gasteiger partial charge in [-0.15, -0.1) is 0 Å². The molecule has 1 atom stereocenters. The molecule has 4 aromatic rings. The van der Waals surface area contributed by atoms with Crippen molar-refractivity contribution >= 4 is 56.1 Å². The van der Waals surface area contributed by atoms with Crippen LogP contribution in [-0.4, -0.2) is 21.4 Å². The highest BCUT2D eigenvalue weighted by atomic mass is 79.9. The molecule has 4 rings (SSSR count). The maximum absolute atomic E-state index is 12.8. The van der Waals surface area contributed by atoms with E-state index >= 15 is 0 Å². The number of anilines is 1. The van der Waals surface area contributed by atoms with Crippen LogP contribution in [0.4, 0.5) is 5.69 Å². The van der Waals surface area contributed by atoms with E-state index < -0.39 is 6.04 Å². The molecule has 6 nitrogen and oxygen atoms in total. The number of fused-ring (bicyclic) bond motifs is 1. The Kier molecular flexibility index (Phi) is 6.58. The molecule has 2 amide bonds. The number of benzene rings is 3. The number of nitrogens with zero attached hydrogens (tertiary/aromatic N) is 2. The standard InChI is InChI=1S/C24H20BrClN4O2/c1-15(27-24(32)18-9-2-3-10-19(18)26)23-29-20-11-4-5-12-21(20)30(23)14-22(31)28-17-8-6-7-16(25)13-17/h2-13,15H,14H2,1H3,(H,27,32)(H,28,31). The van der Waals surface area contributed by atoms with Crippen molar-refractivity contribution in [3.05, 3.63) is 93.7 Å². The highest BCUT2D eigenvalue weighted by molar-refractivity contribution is 9.10. The number of para-hydroxylation sites is 2. The van der Waals surface area contributed by atoms with Gasteiger partial charge in [-0.25, -0.2) is 4.98 Å². The second-order valence-corrected chi connectivity index (χ2v) is 8.60. The Labute approximate surface area is 198 Å². The van der Waals surface area contributed by atoms with Crippen molar-refractivity contribution in [2.75, 3.05) is 5.32 Å². The van der Waals surface area contributed by atoms with E-state index in [-0.39, 0.29) is 18.4 Å². The highest BCUT2D eigenvalue weighted by Crippen LogP contribution is 2.23. The summed E-state index contributed by atoms with van der Waals surface area (Å²) in [7, 11) is 0. The van der Waals surface area contributed by atoms with Gasteiger partial charge in [0.2, 0.25) is 5.91 Å². The molecule has 0 radical (unpaired) electrons. The van der Waals surface area contributed by atoms with Crippen LogP contribution in [0.3, 0.4) is 0 Å². The van der Waals surface area contributed by atoms with Gasteiger partial charge >= 0.3 is 0 Å². The van der Waals surface area contributed by atoms with Crippen molar-refractivity contribution in [1.82, 2.24) is 14.9 Å². The van der Waals surface area contributed by atoms with Gasteiger partial charge in [0, 0.05) is 10.2 Å². The van der Waals surface area contributed by atoms with Crippen molar-refractivity contribution in [3.63, 3.8) is 0 Å². The van der Waals surface area contributed by atoms with Gasteiger partial charge in [-0.1, -0.05) is 57.9 Å². The topological polar surface area (TPSA) is 76.0 Å². The molecule has 162 valence electrons. The minimum absolute atomic E-state index is 0.0503. The lowest BCUT2D eigenvalue weighted by Crippen LogP contribution is -2.30. The maximum Gasteiger partial charge on any atom is 0.253 e. The predicted octanol–water partition coefficient (Wildman–Crippen LogP) is 5.58. The first kappa shape index (κ1) is 22.0. The van der Waals surface area contributed by atoms with Gasteiger partial charge < -0.3 is 15.2 Å². The molecule has 3 aromatic carbocycles. The third kappa shape index (κ3) is 4.84. The van der Waals surface area contributed by atoms with Gasteiger partial charge in [0.1, 0.15) is 12.4 Å². The predicted molar refractivity (Wildman–Crippen MR) is 130 cm³/mol. The summed E-state index contributed by atoms with van der Waals surface area (Å²) in [5.74, 6) is 0.0772. The summed E-state index contributed by atoms with van der Waals surface area (Å²) >= 11 is 9.57. The minimum Gasteiger partial charge on any atom is -0.342 e. The Morgan fingerprint density at radius 2 is 1.81 bits per heavy atom. The largest absolute Gasteiger partial charge is 0.342 e. The fourth-order valence-electron chi connectivity index (χ4n) is 3.49. The van der Waals surface area contributed by atoms with Crippen molar-refractivity contribution in [2.45, 2.75) is 19.5 Å². The summed E-state index contributed by atoms with van der Waals surface area (Å²) in [6.07, 6.45) is 0. The van der Waals surface area contributed by atoms with Crippen molar-refractivity contribution in [2.24, 2.45) is 0 Å². The fourth-order valence-corrected chi connectivity index (χ4v) is 4.11. The molecule has 0 bridgehead atoms. The van der Waals surface area contributed by atoms with Gasteiger partial charge in [-0.05, 0) is 49.4 Å². The van der Waals surface area contributed by atoms with E-state index in [2.05, 4.69) is 31.5 Å². The summed E-state index contributed by atoms with van der Waals surface area (Å²) in [4.78, 5) is 30.3. The number of halogens is 2. The molecule has 2 N–H and O–H groups in total. The Balaban J connectivity index is 1.60. The summed E-state index contributed by atoms with van der Waals surface area (Å²) in [6, 6.07) is 21.4. The molecule has 0 fully saturated rings. The van der Waals surface area contributed by atoms with Crippen LogP contribution in [0.25, 0.3) is 11.0 Å². The van der Waals surface area contributed by atoms with Crippen molar-refractivity contribution in [3.8, 4) is 0 Å². The second-order valence-electron chi connectivity index (χ2n) is 7.28. The molecule has 0 aliphatic rings. The number of aromatic nitrogens is 2. The fraction of sp³-hybridized carbons (Fsp3) is 0.125. The van der Waals surface area contributed by atoms with Crippen LogP contribution in [0.5, 0.6) is 0 Å². The molecule has 0 aliphatic heterocycles. The van der Waals surface area contributed by atoms with Gasteiger partial charge in [0.05, 0.1) is 27.7 Å². The first-order chi connectivity index (χ1) is 15.4. The van der Waals surface area contributed by atoms with Crippen LogP contribution < -0.4 is 10.6 Å². The molecule has 8 heteroatoms. The maximum atomic E-state index is 12.8. The monoisotopic (exact) mass is 510 g/mol. The minimum atomic E-state index is -0.454. The number of hydrogen-bond donors (Lipinski definition) is 2. The van der Waals surface area contributed by atoms with E-state index in [1.54, 1.807) is 24.3 Å². The zero-order valence-electron chi connectivity index (χ0n) is 17.2. The lowest BCUT2D eigenvalue weighted by atomic mass is 10.2. The number of carbonyl (C=O) groups is 2. The van der Waals surface area contributed by atoms with Crippen LogP contribution >= 0.6 is 27.5 Å². The van der Waals surface area contributed by atoms with E-state index in [4.69, 9.17) is 11.6 Å². The molecule has 0 saturated carbocycles.